The van der Waals surface area contributed by atoms with Crippen LogP contribution in [0.15, 0.2) is 10.1 Å². The number of rotatable bonds is 4. The molecule has 1 N–H and O–H groups in total. The minimum absolute atomic E-state index is 0.0814. The molecular weight excluding hydrogens is 308 g/mol. The molecule has 2 aliphatic heterocycles. The van der Waals surface area contributed by atoms with Gasteiger partial charge in [-0.25, -0.2) is 0 Å². The number of hydrogen-bond acceptors (Lipinski definition) is 3. The molecule has 0 unspecified atom stereocenters. The van der Waals surface area contributed by atoms with Gasteiger partial charge in [0.05, 0.1) is 12.1 Å². The first-order chi connectivity index (χ1) is 9.08. The summed E-state index contributed by atoms with van der Waals surface area (Å²) in [5, 5.41) is 3.01. The van der Waals surface area contributed by atoms with Gasteiger partial charge in [0.25, 0.3) is 0 Å². The van der Waals surface area contributed by atoms with Crippen LogP contribution in [-0.2, 0) is 9.53 Å². The van der Waals surface area contributed by atoms with E-state index in [0.717, 1.165) is 39.0 Å². The molecule has 0 radical (unpaired) electrons. The average molecular weight is 331 g/mol. The van der Waals surface area contributed by atoms with Gasteiger partial charge in [0.15, 0.2) is 0 Å². The molecule has 2 heterocycles. The van der Waals surface area contributed by atoms with E-state index in [1.807, 2.05) is 6.92 Å². The zero-order chi connectivity index (χ0) is 13.8. The number of hydrogen-bond donors (Lipinski definition) is 1. The maximum Gasteiger partial charge on any atom is 0.237 e. The van der Waals surface area contributed by atoms with E-state index < -0.39 is 0 Å². The fourth-order valence-electron chi connectivity index (χ4n) is 2.50. The molecule has 1 saturated heterocycles. The lowest BCUT2D eigenvalue weighted by atomic mass is 10.1. The Morgan fingerprint density at radius 1 is 1.63 bits per heavy atom. The van der Waals surface area contributed by atoms with E-state index in [1.165, 1.54) is 10.1 Å². The summed E-state index contributed by atoms with van der Waals surface area (Å²) in [7, 11) is 0. The molecule has 1 fully saturated rings. The highest BCUT2D eigenvalue weighted by molar-refractivity contribution is 9.11. The van der Waals surface area contributed by atoms with E-state index in [9.17, 15) is 4.79 Å². The molecule has 1 amide bonds. The Morgan fingerprint density at radius 2 is 2.42 bits per heavy atom. The molecule has 0 bridgehead atoms. The first-order valence-corrected chi connectivity index (χ1v) is 7.84. The fraction of sp³-hybridized carbons (Fsp3) is 0.786. The topological polar surface area (TPSA) is 41.6 Å². The molecule has 19 heavy (non-hydrogen) atoms. The molecule has 0 aromatic heterocycles. The molecule has 2 atom stereocenters. The lowest BCUT2D eigenvalue weighted by molar-refractivity contribution is -0.126. The van der Waals surface area contributed by atoms with Crippen LogP contribution in [0.5, 0.6) is 0 Å². The standard InChI is InChI=1S/C14H23BrN2O2/c1-10-5-6-17(9-13(10)15)11(2)14(18)16-8-12-4-3-7-19-12/h11-12H,3-9H2,1-2H3,(H,16,18)/t11-,12+/m1/s1. The summed E-state index contributed by atoms with van der Waals surface area (Å²) in [4.78, 5) is 14.4. The molecule has 0 saturated carbocycles. The van der Waals surface area contributed by atoms with Crippen LogP contribution in [-0.4, -0.2) is 49.2 Å². The smallest absolute Gasteiger partial charge is 0.237 e. The number of nitrogens with one attached hydrogen (secondary N) is 1. The van der Waals surface area contributed by atoms with E-state index >= 15 is 0 Å². The fourth-order valence-corrected chi connectivity index (χ4v) is 3.02. The van der Waals surface area contributed by atoms with Gasteiger partial charge in [-0.3, -0.25) is 9.69 Å². The Kier molecular flexibility index (Phi) is 5.42. The molecule has 4 nitrogen and oxygen atoms in total. The van der Waals surface area contributed by atoms with Crippen molar-refractivity contribution in [3.8, 4) is 0 Å². The SMILES string of the molecule is CC1=C(Br)CN([C@H](C)C(=O)NC[C@@H]2CCCO2)CC1. The Labute approximate surface area is 123 Å². The van der Waals surface area contributed by atoms with Gasteiger partial charge >= 0.3 is 0 Å². The highest BCUT2D eigenvalue weighted by Gasteiger charge is 2.25. The third-order valence-corrected chi connectivity index (χ3v) is 4.96. The molecule has 0 spiro atoms. The number of amides is 1. The van der Waals surface area contributed by atoms with Crippen LogP contribution in [0.2, 0.25) is 0 Å². The minimum atomic E-state index is -0.0814. The second kappa shape index (κ2) is 6.86. The molecule has 0 aromatic rings. The van der Waals surface area contributed by atoms with Crippen LogP contribution in [0, 0.1) is 0 Å². The van der Waals surface area contributed by atoms with Crippen LogP contribution in [0.4, 0.5) is 0 Å². The van der Waals surface area contributed by atoms with Crippen molar-refractivity contribution in [2.45, 2.75) is 45.3 Å². The Morgan fingerprint density at radius 3 is 3.05 bits per heavy atom. The second-order valence-electron chi connectivity index (χ2n) is 5.46. The van der Waals surface area contributed by atoms with Crippen LogP contribution in [0.1, 0.15) is 33.1 Å². The average Bonchev–Trinajstić information content (AvgIpc) is 2.91. The third-order valence-electron chi connectivity index (χ3n) is 4.03. The number of carbonyl (C=O) groups is 1. The summed E-state index contributed by atoms with van der Waals surface area (Å²) in [5.74, 6) is 0.107. The van der Waals surface area contributed by atoms with Crippen LogP contribution in [0.3, 0.4) is 0 Å². The van der Waals surface area contributed by atoms with E-state index in [-0.39, 0.29) is 18.1 Å². The summed E-state index contributed by atoms with van der Waals surface area (Å²) in [6.45, 7) is 7.39. The van der Waals surface area contributed by atoms with Crippen molar-refractivity contribution in [1.82, 2.24) is 10.2 Å². The van der Waals surface area contributed by atoms with Gasteiger partial charge in [-0.1, -0.05) is 21.5 Å². The molecule has 2 rings (SSSR count). The summed E-state index contributed by atoms with van der Waals surface area (Å²) in [6, 6.07) is -0.0814. The van der Waals surface area contributed by atoms with Gasteiger partial charge in [0.1, 0.15) is 0 Å². The predicted molar refractivity (Wildman–Crippen MR) is 79.3 cm³/mol. The number of nitrogens with zero attached hydrogens (tertiary/aromatic N) is 1. The zero-order valence-electron chi connectivity index (χ0n) is 11.7. The van der Waals surface area contributed by atoms with Crippen molar-refractivity contribution >= 4 is 21.8 Å². The van der Waals surface area contributed by atoms with Gasteiger partial charge < -0.3 is 10.1 Å². The Bertz CT molecular complexity index is 364. The summed E-state index contributed by atoms with van der Waals surface area (Å²) < 4.78 is 6.74. The van der Waals surface area contributed by atoms with E-state index in [2.05, 4.69) is 33.1 Å². The first-order valence-electron chi connectivity index (χ1n) is 7.05. The number of halogens is 1. The Hall–Kier alpha value is -0.390. The second-order valence-corrected chi connectivity index (χ2v) is 6.42. The van der Waals surface area contributed by atoms with Crippen molar-refractivity contribution in [1.29, 1.82) is 0 Å². The lowest BCUT2D eigenvalue weighted by Gasteiger charge is -2.32. The number of ether oxygens (including phenoxy) is 1. The molecule has 0 aliphatic carbocycles. The van der Waals surface area contributed by atoms with E-state index in [0.29, 0.717) is 6.54 Å². The summed E-state index contributed by atoms with van der Waals surface area (Å²) >= 11 is 3.59. The molecule has 108 valence electrons. The minimum Gasteiger partial charge on any atom is -0.376 e. The van der Waals surface area contributed by atoms with Crippen LogP contribution in [0.25, 0.3) is 0 Å². The zero-order valence-corrected chi connectivity index (χ0v) is 13.3. The van der Waals surface area contributed by atoms with Crippen LogP contribution < -0.4 is 5.32 Å². The van der Waals surface area contributed by atoms with Crippen molar-refractivity contribution in [3.05, 3.63) is 10.1 Å². The predicted octanol–water partition coefficient (Wildman–Crippen LogP) is 2.04. The Balaban J connectivity index is 1.78. The molecular formula is C14H23BrN2O2. The van der Waals surface area contributed by atoms with E-state index in [1.54, 1.807) is 0 Å². The third kappa shape index (κ3) is 4.04. The van der Waals surface area contributed by atoms with Crippen molar-refractivity contribution in [3.63, 3.8) is 0 Å². The molecule has 0 aromatic carbocycles. The van der Waals surface area contributed by atoms with Crippen molar-refractivity contribution in [2.75, 3.05) is 26.2 Å². The van der Waals surface area contributed by atoms with Crippen molar-refractivity contribution < 1.29 is 9.53 Å². The van der Waals surface area contributed by atoms with Gasteiger partial charge in [-0.15, -0.1) is 0 Å². The number of carbonyl (C=O) groups excluding carboxylic acids is 1. The largest absolute Gasteiger partial charge is 0.376 e. The summed E-state index contributed by atoms with van der Waals surface area (Å²) in [5.41, 5.74) is 1.39. The van der Waals surface area contributed by atoms with E-state index in [4.69, 9.17) is 4.74 Å². The maximum absolute atomic E-state index is 12.1. The highest BCUT2D eigenvalue weighted by Crippen LogP contribution is 2.23. The molecule has 5 heteroatoms. The lowest BCUT2D eigenvalue weighted by Crippen LogP contribution is -2.48. The summed E-state index contributed by atoms with van der Waals surface area (Å²) in [6.07, 6.45) is 3.42. The monoisotopic (exact) mass is 330 g/mol. The maximum atomic E-state index is 12.1. The quantitative estimate of drug-likeness (QED) is 0.857. The normalized spacial score (nSPS) is 26.6. The highest BCUT2D eigenvalue weighted by atomic mass is 79.9. The van der Waals surface area contributed by atoms with Crippen molar-refractivity contribution in [2.24, 2.45) is 0 Å². The van der Waals surface area contributed by atoms with Gasteiger partial charge in [0.2, 0.25) is 5.91 Å². The van der Waals surface area contributed by atoms with Crippen LogP contribution >= 0.6 is 15.9 Å². The first kappa shape index (κ1) is 15.0. The van der Waals surface area contributed by atoms with Gasteiger partial charge in [-0.05, 0) is 33.1 Å². The molecule has 2 aliphatic rings. The van der Waals surface area contributed by atoms with Gasteiger partial charge in [-0.2, -0.15) is 0 Å². The van der Waals surface area contributed by atoms with Gasteiger partial charge in [0, 0.05) is 30.7 Å².